The highest BCUT2D eigenvalue weighted by molar-refractivity contribution is 5.62. The summed E-state index contributed by atoms with van der Waals surface area (Å²) in [6.45, 7) is 6.06. The van der Waals surface area contributed by atoms with Gasteiger partial charge in [-0.3, -0.25) is 4.90 Å². The van der Waals surface area contributed by atoms with Crippen molar-refractivity contribution in [3.8, 4) is 11.5 Å². The molecule has 2 N–H and O–H groups in total. The zero-order chi connectivity index (χ0) is 18.7. The van der Waals surface area contributed by atoms with Crippen molar-refractivity contribution in [1.82, 2.24) is 10.2 Å². The second-order valence-electron chi connectivity index (χ2n) is 8.72. The van der Waals surface area contributed by atoms with Crippen molar-refractivity contribution in [3.63, 3.8) is 0 Å². The summed E-state index contributed by atoms with van der Waals surface area (Å²) in [6, 6.07) is 4.71. The lowest BCUT2D eigenvalue weighted by Crippen LogP contribution is -2.64. The van der Waals surface area contributed by atoms with Crippen molar-refractivity contribution >= 4 is 0 Å². The smallest absolute Gasteiger partial charge is 0.165 e. The average Bonchev–Trinajstić information content (AvgIpc) is 3.06. The molecule has 3 aliphatic heterocycles. The molecule has 5 atom stereocenters. The Labute approximate surface area is 165 Å². The molecule has 6 heteroatoms. The Bertz CT molecular complexity index is 806. The number of nitrogens with one attached hydrogen (secondary N) is 1. The molecule has 3 heterocycles. The van der Waals surface area contributed by atoms with Crippen molar-refractivity contribution in [1.29, 1.82) is 0 Å². The van der Waals surface area contributed by atoms with Gasteiger partial charge in [-0.25, -0.2) is 0 Å². The molecule has 0 saturated carbocycles. The fraction of sp³-hybridized carbons (Fsp3) is 0.636. The van der Waals surface area contributed by atoms with Gasteiger partial charge in [0.05, 0.1) is 13.2 Å². The molecule has 1 spiro atoms. The summed E-state index contributed by atoms with van der Waals surface area (Å²) in [5.41, 5.74) is 2.55. The number of benzene rings is 1. The van der Waals surface area contributed by atoms with Gasteiger partial charge in [-0.2, -0.15) is 0 Å². The minimum absolute atomic E-state index is 0.115. The predicted molar refractivity (Wildman–Crippen MR) is 104 cm³/mol. The number of piperidine rings is 1. The van der Waals surface area contributed by atoms with Gasteiger partial charge in [0.2, 0.25) is 0 Å². The molecule has 0 aromatic heterocycles. The van der Waals surface area contributed by atoms with Crippen LogP contribution in [0, 0.1) is 5.92 Å². The van der Waals surface area contributed by atoms with Crippen molar-refractivity contribution in [2.24, 2.45) is 5.92 Å². The quantitative estimate of drug-likeness (QED) is 0.751. The third kappa shape index (κ3) is 2.35. The van der Waals surface area contributed by atoms with E-state index in [2.05, 4.69) is 28.4 Å². The van der Waals surface area contributed by atoms with Crippen LogP contribution in [0.1, 0.15) is 17.5 Å². The summed E-state index contributed by atoms with van der Waals surface area (Å²) in [5, 5.41) is 14.4. The first-order valence-electron chi connectivity index (χ1n) is 10.6. The number of aliphatic hydroxyl groups excluding tert-OH is 1. The molecule has 2 bridgehead atoms. The maximum Gasteiger partial charge on any atom is 0.165 e. The molecule has 5 aliphatic rings. The van der Waals surface area contributed by atoms with Crippen molar-refractivity contribution < 1.29 is 19.3 Å². The van der Waals surface area contributed by atoms with Crippen LogP contribution < -0.4 is 14.8 Å². The van der Waals surface area contributed by atoms with E-state index in [0.29, 0.717) is 18.6 Å². The van der Waals surface area contributed by atoms with Crippen LogP contribution in [0.3, 0.4) is 0 Å². The summed E-state index contributed by atoms with van der Waals surface area (Å²) in [6.07, 6.45) is 5.41. The van der Waals surface area contributed by atoms with Gasteiger partial charge in [0.25, 0.3) is 0 Å². The molecule has 150 valence electrons. The van der Waals surface area contributed by atoms with Gasteiger partial charge in [0.15, 0.2) is 11.5 Å². The van der Waals surface area contributed by atoms with E-state index in [0.717, 1.165) is 63.7 Å². The van der Waals surface area contributed by atoms with Crippen LogP contribution in [0.15, 0.2) is 24.3 Å². The summed E-state index contributed by atoms with van der Waals surface area (Å²) >= 11 is 0. The minimum atomic E-state index is -0.561. The van der Waals surface area contributed by atoms with Gasteiger partial charge in [0.1, 0.15) is 18.8 Å². The number of hydrogen-bond acceptors (Lipinski definition) is 6. The lowest BCUT2D eigenvalue weighted by molar-refractivity contribution is -0.0180. The molecule has 6 nitrogen and oxygen atoms in total. The SMILES string of the molecule is OC1C=CC2C3Cc4ccc(OCCN5CCOCC5)c5c4C2(CCN3)C1O5. The summed E-state index contributed by atoms with van der Waals surface area (Å²) in [5.74, 6) is 2.10. The molecule has 2 saturated heterocycles. The van der Waals surface area contributed by atoms with Gasteiger partial charge >= 0.3 is 0 Å². The molecule has 1 aromatic rings. The molecule has 28 heavy (non-hydrogen) atoms. The Morgan fingerprint density at radius 2 is 2.14 bits per heavy atom. The fourth-order valence-electron chi connectivity index (χ4n) is 6.19. The Hall–Kier alpha value is -1.60. The van der Waals surface area contributed by atoms with Gasteiger partial charge in [-0.15, -0.1) is 0 Å². The third-order valence-electron chi connectivity index (χ3n) is 7.43. The zero-order valence-corrected chi connectivity index (χ0v) is 16.1. The highest BCUT2D eigenvalue weighted by Crippen LogP contribution is 2.61. The van der Waals surface area contributed by atoms with E-state index in [1.54, 1.807) is 0 Å². The maximum absolute atomic E-state index is 10.7. The molecule has 0 radical (unpaired) electrons. The maximum atomic E-state index is 10.7. The van der Waals surface area contributed by atoms with Crippen molar-refractivity contribution in [2.75, 3.05) is 46.0 Å². The van der Waals surface area contributed by atoms with E-state index in [1.807, 2.05) is 6.08 Å². The molecular weight excluding hydrogens is 356 g/mol. The Balaban J connectivity index is 1.32. The third-order valence-corrected chi connectivity index (χ3v) is 7.43. The van der Waals surface area contributed by atoms with Gasteiger partial charge < -0.3 is 24.6 Å². The number of rotatable bonds is 4. The number of morpholine rings is 1. The van der Waals surface area contributed by atoms with Crippen LogP contribution in [0.2, 0.25) is 0 Å². The lowest BCUT2D eigenvalue weighted by Gasteiger charge is -2.53. The molecular formula is C22H28N2O4. The number of nitrogens with zero attached hydrogens (tertiary/aromatic N) is 1. The van der Waals surface area contributed by atoms with E-state index >= 15 is 0 Å². The van der Waals surface area contributed by atoms with E-state index in [1.165, 1.54) is 11.1 Å². The molecule has 1 aromatic carbocycles. The first kappa shape index (κ1) is 17.3. The normalized spacial score (nSPS) is 38.0. The second-order valence-corrected chi connectivity index (χ2v) is 8.72. The summed E-state index contributed by atoms with van der Waals surface area (Å²) in [7, 11) is 0. The monoisotopic (exact) mass is 384 g/mol. The average molecular weight is 384 g/mol. The Morgan fingerprint density at radius 1 is 1.25 bits per heavy atom. The largest absolute Gasteiger partial charge is 0.488 e. The second kappa shape index (κ2) is 6.46. The molecule has 0 amide bonds. The van der Waals surface area contributed by atoms with E-state index in [9.17, 15) is 5.11 Å². The van der Waals surface area contributed by atoms with Crippen molar-refractivity contribution in [2.45, 2.75) is 36.5 Å². The van der Waals surface area contributed by atoms with Crippen LogP contribution in [-0.2, 0) is 16.6 Å². The van der Waals surface area contributed by atoms with E-state index in [4.69, 9.17) is 14.2 Å². The van der Waals surface area contributed by atoms with Crippen LogP contribution in [-0.4, -0.2) is 74.3 Å². The number of hydrogen-bond donors (Lipinski definition) is 2. The Morgan fingerprint density at radius 3 is 3.04 bits per heavy atom. The van der Waals surface area contributed by atoms with E-state index < -0.39 is 6.10 Å². The fourth-order valence-corrected chi connectivity index (χ4v) is 6.19. The minimum Gasteiger partial charge on any atom is -0.488 e. The predicted octanol–water partition coefficient (Wildman–Crippen LogP) is 0.861. The standard InChI is InChI=1S/C22H28N2O4/c25-17-3-2-15-16-13-14-1-4-18(27-12-9-24-7-10-26-11-8-24)20-19(14)22(15,5-6-23-16)21(17)28-20/h1-4,15-17,21,23,25H,5-13H2. The van der Waals surface area contributed by atoms with Crippen LogP contribution in [0.4, 0.5) is 0 Å². The first-order chi connectivity index (χ1) is 13.8. The number of ether oxygens (including phenoxy) is 3. The zero-order valence-electron chi connectivity index (χ0n) is 16.1. The van der Waals surface area contributed by atoms with Crippen LogP contribution >= 0.6 is 0 Å². The lowest BCUT2D eigenvalue weighted by atomic mass is 9.54. The molecule has 2 aliphatic carbocycles. The molecule has 2 fully saturated rings. The van der Waals surface area contributed by atoms with Gasteiger partial charge in [0, 0.05) is 42.6 Å². The topological polar surface area (TPSA) is 63.2 Å². The Kier molecular flexibility index (Phi) is 3.98. The molecule has 6 rings (SSSR count). The van der Waals surface area contributed by atoms with E-state index in [-0.39, 0.29) is 11.5 Å². The van der Waals surface area contributed by atoms with Crippen molar-refractivity contribution in [3.05, 3.63) is 35.4 Å². The van der Waals surface area contributed by atoms with Crippen LogP contribution in [0.25, 0.3) is 0 Å². The van der Waals surface area contributed by atoms with Gasteiger partial charge in [-0.1, -0.05) is 18.2 Å². The van der Waals surface area contributed by atoms with Gasteiger partial charge in [-0.05, 0) is 31.0 Å². The first-order valence-corrected chi connectivity index (χ1v) is 10.6. The summed E-state index contributed by atoms with van der Waals surface area (Å²) in [4.78, 5) is 2.38. The highest BCUT2D eigenvalue weighted by Gasteiger charge is 2.63. The van der Waals surface area contributed by atoms with Crippen LogP contribution in [0.5, 0.6) is 11.5 Å². The highest BCUT2D eigenvalue weighted by atomic mass is 16.5. The number of aliphatic hydroxyl groups is 1. The summed E-state index contributed by atoms with van der Waals surface area (Å²) < 4.78 is 18.1. The molecule has 5 unspecified atom stereocenters.